The maximum atomic E-state index is 10.6. The second-order valence-corrected chi connectivity index (χ2v) is 6.77. The maximum Gasteiger partial charge on any atom is 0.352 e. The van der Waals surface area contributed by atoms with E-state index in [1.807, 2.05) is 0 Å². The van der Waals surface area contributed by atoms with Crippen molar-refractivity contribution in [2.75, 3.05) is 6.54 Å². The van der Waals surface area contributed by atoms with Gasteiger partial charge in [-0.1, -0.05) is 50.6 Å². The lowest BCUT2D eigenvalue weighted by Gasteiger charge is -2.08. The fourth-order valence-electron chi connectivity index (χ4n) is 1.26. The molecule has 10 heteroatoms. The van der Waals surface area contributed by atoms with Gasteiger partial charge in [0.05, 0.1) is 0 Å². The quantitative estimate of drug-likeness (QED) is 0.253. The topological polar surface area (TPSA) is 156 Å². The van der Waals surface area contributed by atoms with E-state index in [2.05, 4.69) is 12.7 Å². The summed E-state index contributed by atoms with van der Waals surface area (Å²) in [5.74, 6) is -1.32. The summed E-state index contributed by atoms with van der Waals surface area (Å²) in [6, 6.07) is -1.22. The van der Waals surface area contributed by atoms with Crippen molar-refractivity contribution in [3.8, 4) is 0 Å². The highest BCUT2D eigenvalue weighted by Gasteiger charge is 2.34. The van der Waals surface area contributed by atoms with Crippen LogP contribution in [0.5, 0.6) is 0 Å². The lowest BCUT2D eigenvalue weighted by atomic mass is 10.1. The lowest BCUT2D eigenvalue weighted by Crippen LogP contribution is -2.39. The Hall–Kier alpha value is -0.660. The first-order valence-corrected chi connectivity index (χ1v) is 8.78. The average molecular weight is 346 g/mol. The minimum atomic E-state index is -4.72. The molecular formula is C11H25ClN3O5P. The number of nitrogens with two attached hydrogens (primary N) is 2. The molecule has 0 saturated carbocycles. The fourth-order valence-corrected chi connectivity index (χ4v) is 1.68. The van der Waals surface area contributed by atoms with Crippen molar-refractivity contribution in [3.05, 3.63) is 0 Å². The fraction of sp³-hybridized carbons (Fsp3) is 0.818. The molecule has 0 radical (unpaired) electrons. The molecule has 0 spiro atoms. The minimum Gasteiger partial charge on any atom is -0.351 e. The van der Waals surface area contributed by atoms with E-state index in [0.29, 0.717) is 0 Å². The van der Waals surface area contributed by atoms with E-state index >= 15 is 0 Å². The van der Waals surface area contributed by atoms with Gasteiger partial charge < -0.3 is 21.3 Å². The van der Waals surface area contributed by atoms with E-state index in [0.717, 1.165) is 6.54 Å². The highest BCUT2D eigenvalue weighted by molar-refractivity contribution is 7.55. The van der Waals surface area contributed by atoms with E-state index in [1.54, 1.807) is 0 Å². The SMILES string of the molecule is CCCCCCCCN.NC(=O)NC(=O)C(Cl)P(=O)(O)O. The third-order valence-electron chi connectivity index (χ3n) is 2.32. The first-order chi connectivity index (χ1) is 9.66. The molecule has 0 saturated heterocycles. The molecule has 0 bridgehead atoms. The lowest BCUT2D eigenvalue weighted by molar-refractivity contribution is -0.118. The predicted octanol–water partition coefficient (Wildman–Crippen LogP) is 1.23. The van der Waals surface area contributed by atoms with Gasteiger partial charge in [0.2, 0.25) is 5.12 Å². The molecule has 8 nitrogen and oxygen atoms in total. The van der Waals surface area contributed by atoms with Crippen LogP contribution in [0, 0.1) is 0 Å². The van der Waals surface area contributed by atoms with Crippen molar-refractivity contribution in [3.63, 3.8) is 0 Å². The van der Waals surface area contributed by atoms with Crippen LogP contribution >= 0.6 is 19.2 Å². The van der Waals surface area contributed by atoms with Crippen LogP contribution in [0.4, 0.5) is 4.79 Å². The first-order valence-electron chi connectivity index (χ1n) is 6.66. The molecule has 0 fully saturated rings. The molecule has 21 heavy (non-hydrogen) atoms. The summed E-state index contributed by atoms with van der Waals surface area (Å²) in [5, 5.41) is -0.668. The molecule has 0 aromatic heterocycles. The molecular weight excluding hydrogens is 321 g/mol. The first kappa shape index (κ1) is 22.6. The molecule has 7 N–H and O–H groups in total. The molecule has 0 aromatic carbocycles. The standard InChI is InChI=1S/C8H19N.C3H6ClN2O5P/c1-2-3-4-5-6-7-8-9;4-1(12(9,10)11)2(7)6-3(5)8/h2-9H2,1H3;1H,(H2,9,10,11)(H3,5,6,7,8). The van der Waals surface area contributed by atoms with Gasteiger partial charge >= 0.3 is 13.6 Å². The highest BCUT2D eigenvalue weighted by atomic mass is 35.5. The Bertz CT molecular complexity index is 345. The summed E-state index contributed by atoms with van der Waals surface area (Å²) in [4.78, 5) is 37.3. The number of urea groups is 1. The van der Waals surface area contributed by atoms with Gasteiger partial charge in [0.25, 0.3) is 5.91 Å². The van der Waals surface area contributed by atoms with E-state index < -0.39 is 24.7 Å². The Morgan fingerprint density at radius 1 is 1.19 bits per heavy atom. The zero-order chi connectivity index (χ0) is 16.9. The Kier molecular flexibility index (Phi) is 14.0. The number of hydrogen-bond acceptors (Lipinski definition) is 4. The normalized spacial score (nSPS) is 12.0. The average Bonchev–Trinajstić information content (AvgIpc) is 2.36. The number of halogens is 1. The summed E-state index contributed by atoms with van der Waals surface area (Å²) >= 11 is 4.97. The van der Waals surface area contributed by atoms with Crippen molar-refractivity contribution in [1.29, 1.82) is 0 Å². The molecule has 0 aliphatic carbocycles. The Morgan fingerprint density at radius 3 is 2.05 bits per heavy atom. The van der Waals surface area contributed by atoms with E-state index in [1.165, 1.54) is 43.8 Å². The Balaban J connectivity index is 0. The van der Waals surface area contributed by atoms with Gasteiger partial charge in [-0.2, -0.15) is 0 Å². The van der Waals surface area contributed by atoms with Crippen molar-refractivity contribution >= 4 is 31.1 Å². The van der Waals surface area contributed by atoms with Crippen molar-refractivity contribution in [2.45, 2.75) is 50.6 Å². The van der Waals surface area contributed by atoms with E-state index in [4.69, 9.17) is 27.1 Å². The van der Waals surface area contributed by atoms with Gasteiger partial charge in [0.15, 0.2) is 0 Å². The molecule has 1 atom stereocenters. The van der Waals surface area contributed by atoms with Crippen LogP contribution in [0.1, 0.15) is 45.4 Å². The van der Waals surface area contributed by atoms with Gasteiger partial charge in [-0.25, -0.2) is 4.79 Å². The largest absolute Gasteiger partial charge is 0.352 e. The number of hydrogen-bond donors (Lipinski definition) is 5. The zero-order valence-corrected chi connectivity index (χ0v) is 13.8. The van der Waals surface area contributed by atoms with Crippen molar-refractivity contribution in [1.82, 2.24) is 5.32 Å². The van der Waals surface area contributed by atoms with Gasteiger partial charge in [0.1, 0.15) is 0 Å². The van der Waals surface area contributed by atoms with Gasteiger partial charge in [-0.05, 0) is 13.0 Å². The molecule has 0 heterocycles. The summed E-state index contributed by atoms with van der Waals surface area (Å²) in [6.07, 6.45) is 8.05. The summed E-state index contributed by atoms with van der Waals surface area (Å²) in [5.41, 5.74) is 9.84. The Labute approximate surface area is 129 Å². The van der Waals surface area contributed by atoms with E-state index in [-0.39, 0.29) is 0 Å². The number of imide groups is 1. The van der Waals surface area contributed by atoms with Crippen LogP contribution in [0.2, 0.25) is 0 Å². The van der Waals surface area contributed by atoms with Crippen molar-refractivity contribution in [2.24, 2.45) is 11.5 Å². The number of amides is 3. The number of rotatable bonds is 8. The number of carbonyl (C=O) groups excluding carboxylic acids is 2. The summed E-state index contributed by atoms with van der Waals surface area (Å²) in [7, 11) is -4.72. The molecule has 0 aliphatic rings. The van der Waals surface area contributed by atoms with Crippen LogP contribution in [-0.4, -0.2) is 33.4 Å². The van der Waals surface area contributed by atoms with Gasteiger partial charge in [-0.3, -0.25) is 14.7 Å². The number of nitrogens with one attached hydrogen (secondary N) is 1. The zero-order valence-electron chi connectivity index (χ0n) is 12.1. The van der Waals surface area contributed by atoms with Crippen LogP contribution in [0.3, 0.4) is 0 Å². The Morgan fingerprint density at radius 2 is 1.67 bits per heavy atom. The molecule has 1 unspecified atom stereocenters. The molecule has 0 aliphatic heterocycles. The highest BCUT2D eigenvalue weighted by Crippen LogP contribution is 2.43. The maximum absolute atomic E-state index is 10.6. The van der Waals surface area contributed by atoms with Crippen LogP contribution in [0.15, 0.2) is 0 Å². The van der Waals surface area contributed by atoms with Crippen LogP contribution in [0.25, 0.3) is 0 Å². The van der Waals surface area contributed by atoms with Gasteiger partial charge in [-0.15, -0.1) is 0 Å². The number of carbonyl (C=O) groups is 2. The smallest absolute Gasteiger partial charge is 0.351 e. The van der Waals surface area contributed by atoms with Gasteiger partial charge in [0, 0.05) is 0 Å². The monoisotopic (exact) mass is 345 g/mol. The third kappa shape index (κ3) is 15.5. The van der Waals surface area contributed by atoms with Crippen LogP contribution < -0.4 is 16.8 Å². The summed E-state index contributed by atoms with van der Waals surface area (Å²) in [6.45, 7) is 3.11. The minimum absolute atomic E-state index is 0.867. The number of primary amides is 1. The molecule has 0 aromatic rings. The second-order valence-electron chi connectivity index (χ2n) is 4.33. The van der Waals surface area contributed by atoms with E-state index in [9.17, 15) is 14.2 Å². The third-order valence-corrected chi connectivity index (χ3v) is 4.10. The van der Waals surface area contributed by atoms with Crippen LogP contribution in [-0.2, 0) is 9.36 Å². The number of unbranched alkanes of at least 4 members (excludes halogenated alkanes) is 5. The predicted molar refractivity (Wildman–Crippen MR) is 81.8 cm³/mol. The summed E-state index contributed by atoms with van der Waals surface area (Å²) < 4.78 is 10.3. The second kappa shape index (κ2) is 13.0. The molecule has 0 rings (SSSR count). The number of alkyl halides is 1. The molecule has 3 amide bonds. The van der Waals surface area contributed by atoms with Crippen molar-refractivity contribution < 1.29 is 23.9 Å². The molecule has 126 valence electrons.